The second-order valence-electron chi connectivity index (χ2n) is 5.38. The SMILES string of the molecule is CNC(=O)NC(=O)[C@@H](C)OC(=O)COc1ccc(-c2ccccc2)cc1. The lowest BCUT2D eigenvalue weighted by Gasteiger charge is -2.13. The van der Waals surface area contributed by atoms with E-state index in [4.69, 9.17) is 9.47 Å². The monoisotopic (exact) mass is 356 g/mol. The smallest absolute Gasteiger partial charge is 0.344 e. The predicted molar refractivity (Wildman–Crippen MR) is 95.5 cm³/mol. The highest BCUT2D eigenvalue weighted by Gasteiger charge is 2.19. The third-order valence-corrected chi connectivity index (χ3v) is 3.46. The van der Waals surface area contributed by atoms with E-state index in [1.165, 1.54) is 14.0 Å². The molecule has 0 bridgehead atoms. The van der Waals surface area contributed by atoms with E-state index in [9.17, 15) is 14.4 Å². The molecule has 0 heterocycles. The molecule has 2 N–H and O–H groups in total. The number of urea groups is 1. The molecule has 0 aliphatic heterocycles. The van der Waals surface area contributed by atoms with Crippen molar-refractivity contribution in [2.75, 3.05) is 13.7 Å². The van der Waals surface area contributed by atoms with Crippen LogP contribution in [0.3, 0.4) is 0 Å². The first-order valence-corrected chi connectivity index (χ1v) is 8.00. The fraction of sp³-hybridized carbons (Fsp3) is 0.211. The van der Waals surface area contributed by atoms with Gasteiger partial charge in [-0.3, -0.25) is 10.1 Å². The first-order chi connectivity index (χ1) is 12.5. The molecule has 7 nitrogen and oxygen atoms in total. The molecule has 2 aromatic rings. The molecule has 0 fully saturated rings. The summed E-state index contributed by atoms with van der Waals surface area (Å²) in [4.78, 5) is 34.4. The van der Waals surface area contributed by atoms with Crippen LogP contribution in [0.25, 0.3) is 11.1 Å². The number of ether oxygens (including phenoxy) is 2. The van der Waals surface area contributed by atoms with Crippen molar-refractivity contribution in [3.05, 3.63) is 54.6 Å². The van der Waals surface area contributed by atoms with E-state index in [-0.39, 0.29) is 6.61 Å². The van der Waals surface area contributed by atoms with Gasteiger partial charge in [0, 0.05) is 7.05 Å². The maximum atomic E-state index is 11.7. The zero-order valence-corrected chi connectivity index (χ0v) is 14.5. The van der Waals surface area contributed by atoms with Gasteiger partial charge in [-0.05, 0) is 30.2 Å². The lowest BCUT2D eigenvalue weighted by molar-refractivity contribution is -0.156. The van der Waals surface area contributed by atoms with Crippen molar-refractivity contribution in [2.45, 2.75) is 13.0 Å². The van der Waals surface area contributed by atoms with E-state index < -0.39 is 24.0 Å². The van der Waals surface area contributed by atoms with E-state index in [0.717, 1.165) is 11.1 Å². The largest absolute Gasteiger partial charge is 0.482 e. The Morgan fingerprint density at radius 1 is 0.962 bits per heavy atom. The summed E-state index contributed by atoms with van der Waals surface area (Å²) in [5, 5.41) is 4.25. The average molecular weight is 356 g/mol. The Kier molecular flexibility index (Phi) is 6.73. The predicted octanol–water partition coefficient (Wildman–Crippen LogP) is 2.12. The van der Waals surface area contributed by atoms with Gasteiger partial charge in [0.1, 0.15) is 5.75 Å². The summed E-state index contributed by atoms with van der Waals surface area (Å²) in [6.45, 7) is 1.02. The molecule has 0 aliphatic rings. The zero-order valence-electron chi connectivity index (χ0n) is 14.5. The van der Waals surface area contributed by atoms with Gasteiger partial charge in [-0.15, -0.1) is 0 Å². The molecule has 0 saturated carbocycles. The van der Waals surface area contributed by atoms with Gasteiger partial charge in [-0.2, -0.15) is 0 Å². The van der Waals surface area contributed by atoms with Crippen molar-refractivity contribution in [3.63, 3.8) is 0 Å². The molecule has 0 aromatic heterocycles. The summed E-state index contributed by atoms with van der Waals surface area (Å²) in [5.41, 5.74) is 2.11. The van der Waals surface area contributed by atoms with Crippen molar-refractivity contribution >= 4 is 17.9 Å². The Morgan fingerprint density at radius 2 is 1.58 bits per heavy atom. The molecule has 2 rings (SSSR count). The minimum Gasteiger partial charge on any atom is -0.482 e. The summed E-state index contributed by atoms with van der Waals surface area (Å²) < 4.78 is 10.3. The second-order valence-corrected chi connectivity index (χ2v) is 5.38. The fourth-order valence-electron chi connectivity index (χ4n) is 2.08. The highest BCUT2D eigenvalue weighted by atomic mass is 16.6. The summed E-state index contributed by atoms with van der Waals surface area (Å²) in [6, 6.07) is 16.4. The van der Waals surface area contributed by atoms with Gasteiger partial charge in [-0.1, -0.05) is 42.5 Å². The van der Waals surface area contributed by atoms with Crippen LogP contribution < -0.4 is 15.4 Å². The third-order valence-electron chi connectivity index (χ3n) is 3.46. The Bertz CT molecular complexity index is 759. The minimum atomic E-state index is -1.11. The van der Waals surface area contributed by atoms with Crippen molar-refractivity contribution in [2.24, 2.45) is 0 Å². The normalized spacial score (nSPS) is 11.2. The summed E-state index contributed by atoms with van der Waals surface area (Å²) >= 11 is 0. The maximum absolute atomic E-state index is 11.7. The standard InChI is InChI=1S/C19H20N2O5/c1-13(18(23)21-19(24)20-2)26-17(22)12-25-16-10-8-15(9-11-16)14-6-4-3-5-7-14/h3-11,13H,12H2,1-2H3,(H2,20,21,23,24)/t13-/m1/s1. The lowest BCUT2D eigenvalue weighted by atomic mass is 10.1. The van der Waals surface area contributed by atoms with E-state index in [2.05, 4.69) is 5.32 Å². The van der Waals surface area contributed by atoms with E-state index in [1.54, 1.807) is 12.1 Å². The number of nitrogens with one attached hydrogen (secondary N) is 2. The van der Waals surface area contributed by atoms with Gasteiger partial charge >= 0.3 is 12.0 Å². The van der Waals surface area contributed by atoms with Crippen LogP contribution in [0, 0.1) is 0 Å². The van der Waals surface area contributed by atoms with E-state index in [0.29, 0.717) is 5.75 Å². The quantitative estimate of drug-likeness (QED) is 0.773. The van der Waals surface area contributed by atoms with Gasteiger partial charge in [-0.25, -0.2) is 9.59 Å². The number of hydrogen-bond acceptors (Lipinski definition) is 5. The Balaban J connectivity index is 1.82. The number of amides is 3. The van der Waals surface area contributed by atoms with Crippen molar-refractivity contribution in [1.29, 1.82) is 0 Å². The van der Waals surface area contributed by atoms with Crippen LogP contribution >= 0.6 is 0 Å². The molecule has 136 valence electrons. The number of esters is 1. The molecule has 7 heteroatoms. The molecule has 0 spiro atoms. The Morgan fingerprint density at radius 3 is 2.19 bits per heavy atom. The molecular formula is C19H20N2O5. The molecule has 0 aliphatic carbocycles. The number of benzene rings is 2. The van der Waals surface area contributed by atoms with Gasteiger partial charge in [0.15, 0.2) is 12.7 Å². The Labute approximate surface area is 151 Å². The van der Waals surface area contributed by atoms with Crippen LogP contribution in [0.4, 0.5) is 4.79 Å². The third kappa shape index (κ3) is 5.62. The highest BCUT2D eigenvalue weighted by Crippen LogP contribution is 2.22. The van der Waals surface area contributed by atoms with Crippen LogP contribution in [0.15, 0.2) is 54.6 Å². The topological polar surface area (TPSA) is 93.7 Å². The number of imide groups is 1. The minimum absolute atomic E-state index is 0.345. The number of rotatable bonds is 6. The Hall–Kier alpha value is -3.35. The molecule has 0 saturated heterocycles. The van der Waals surface area contributed by atoms with Crippen molar-refractivity contribution in [3.8, 4) is 16.9 Å². The molecular weight excluding hydrogens is 336 g/mol. The molecule has 1 atom stereocenters. The maximum Gasteiger partial charge on any atom is 0.344 e. The number of carbonyl (C=O) groups excluding carboxylic acids is 3. The molecule has 0 radical (unpaired) electrons. The molecule has 3 amide bonds. The van der Waals surface area contributed by atoms with Crippen LogP contribution in [0.2, 0.25) is 0 Å². The highest BCUT2D eigenvalue weighted by molar-refractivity contribution is 5.97. The second kappa shape index (κ2) is 9.22. The molecule has 2 aromatic carbocycles. The first kappa shape index (κ1) is 19.0. The van der Waals surface area contributed by atoms with Gasteiger partial charge < -0.3 is 14.8 Å². The fourth-order valence-corrected chi connectivity index (χ4v) is 2.08. The summed E-state index contributed by atoms with van der Waals surface area (Å²) in [7, 11) is 1.37. The van der Waals surface area contributed by atoms with Crippen LogP contribution in [-0.2, 0) is 14.3 Å². The van der Waals surface area contributed by atoms with Crippen LogP contribution in [0.1, 0.15) is 6.92 Å². The van der Waals surface area contributed by atoms with Gasteiger partial charge in [0.05, 0.1) is 0 Å². The lowest BCUT2D eigenvalue weighted by Crippen LogP contribution is -2.43. The zero-order chi connectivity index (χ0) is 18.9. The van der Waals surface area contributed by atoms with Crippen molar-refractivity contribution < 1.29 is 23.9 Å². The number of hydrogen-bond donors (Lipinski definition) is 2. The van der Waals surface area contributed by atoms with Gasteiger partial charge in [0.25, 0.3) is 5.91 Å². The number of carbonyl (C=O) groups is 3. The van der Waals surface area contributed by atoms with E-state index in [1.807, 2.05) is 47.8 Å². The van der Waals surface area contributed by atoms with Gasteiger partial charge in [0.2, 0.25) is 0 Å². The molecule has 26 heavy (non-hydrogen) atoms. The van der Waals surface area contributed by atoms with Crippen molar-refractivity contribution in [1.82, 2.24) is 10.6 Å². The van der Waals surface area contributed by atoms with Crippen LogP contribution in [0.5, 0.6) is 5.75 Å². The summed E-state index contributed by atoms with van der Waals surface area (Å²) in [5.74, 6) is -0.925. The average Bonchev–Trinajstić information content (AvgIpc) is 2.67. The van der Waals surface area contributed by atoms with Crippen LogP contribution in [-0.4, -0.2) is 37.7 Å². The van der Waals surface area contributed by atoms with E-state index >= 15 is 0 Å². The molecule has 0 unspecified atom stereocenters. The first-order valence-electron chi connectivity index (χ1n) is 8.00. The summed E-state index contributed by atoms with van der Waals surface area (Å²) in [6.07, 6.45) is -1.11.